The van der Waals surface area contributed by atoms with Crippen LogP contribution in [0.5, 0.6) is 0 Å². The van der Waals surface area contributed by atoms with Gasteiger partial charge in [-0.3, -0.25) is 4.79 Å². The minimum absolute atomic E-state index is 0.120. The fraction of sp³-hybridized carbons (Fsp3) is 0.923. The summed E-state index contributed by atoms with van der Waals surface area (Å²) in [7, 11) is 3.61. The molecule has 0 spiro atoms. The maximum absolute atomic E-state index is 11.6. The number of nitrogens with zero attached hydrogens (tertiary/aromatic N) is 1. The summed E-state index contributed by atoms with van der Waals surface area (Å²) in [6.45, 7) is 5.37. The van der Waals surface area contributed by atoms with Crippen molar-refractivity contribution in [1.29, 1.82) is 0 Å². The van der Waals surface area contributed by atoms with Crippen molar-refractivity contribution in [1.82, 2.24) is 10.2 Å². The van der Waals surface area contributed by atoms with Crippen molar-refractivity contribution in [2.45, 2.75) is 38.6 Å². The molecule has 0 aliphatic carbocycles. The number of carbonyl (C=O) groups is 1. The van der Waals surface area contributed by atoms with Crippen LogP contribution in [0.25, 0.3) is 0 Å². The van der Waals surface area contributed by atoms with Crippen LogP contribution in [0.15, 0.2) is 0 Å². The number of esters is 1. The molecule has 4 heteroatoms. The first-order valence-corrected chi connectivity index (χ1v) is 6.67. The zero-order chi connectivity index (χ0) is 12.7. The van der Waals surface area contributed by atoms with Crippen molar-refractivity contribution < 1.29 is 9.53 Å². The molecule has 100 valence electrons. The first-order chi connectivity index (χ1) is 8.17. The highest BCUT2D eigenvalue weighted by Gasteiger charge is 2.23. The van der Waals surface area contributed by atoms with Crippen LogP contribution in [0, 0.1) is 5.92 Å². The molecule has 0 aromatic carbocycles. The maximum Gasteiger partial charge on any atom is 0.322 e. The smallest absolute Gasteiger partial charge is 0.322 e. The van der Waals surface area contributed by atoms with Crippen molar-refractivity contribution in [3.63, 3.8) is 0 Å². The largest absolute Gasteiger partial charge is 0.468 e. The van der Waals surface area contributed by atoms with Gasteiger partial charge in [0.1, 0.15) is 6.04 Å². The van der Waals surface area contributed by atoms with Gasteiger partial charge < -0.3 is 15.0 Å². The van der Waals surface area contributed by atoms with Gasteiger partial charge in [-0.05, 0) is 32.4 Å². The molecular formula is C13H26N2O2. The van der Waals surface area contributed by atoms with E-state index in [0.29, 0.717) is 5.92 Å². The quantitative estimate of drug-likeness (QED) is 0.682. The molecule has 2 unspecified atom stereocenters. The van der Waals surface area contributed by atoms with Crippen molar-refractivity contribution in [2.24, 2.45) is 5.92 Å². The van der Waals surface area contributed by atoms with Crippen molar-refractivity contribution in [2.75, 3.05) is 33.8 Å². The number of likely N-dealkylation sites (tertiary alicyclic amines) is 1. The third-order valence-electron chi connectivity index (χ3n) is 3.47. The number of nitrogens with one attached hydrogen (secondary N) is 1. The van der Waals surface area contributed by atoms with Crippen molar-refractivity contribution in [3.05, 3.63) is 0 Å². The predicted molar refractivity (Wildman–Crippen MR) is 68.9 cm³/mol. The monoisotopic (exact) mass is 242 g/mol. The van der Waals surface area contributed by atoms with E-state index in [4.69, 9.17) is 4.74 Å². The van der Waals surface area contributed by atoms with Gasteiger partial charge in [-0.15, -0.1) is 0 Å². The van der Waals surface area contributed by atoms with Crippen LogP contribution in [-0.2, 0) is 9.53 Å². The van der Waals surface area contributed by atoms with Gasteiger partial charge in [-0.25, -0.2) is 0 Å². The van der Waals surface area contributed by atoms with E-state index in [1.165, 1.54) is 20.1 Å². The lowest BCUT2D eigenvalue weighted by Gasteiger charge is -2.18. The Kier molecular flexibility index (Phi) is 6.52. The molecule has 0 amide bonds. The molecule has 1 heterocycles. The van der Waals surface area contributed by atoms with Gasteiger partial charge in [0.05, 0.1) is 7.11 Å². The topological polar surface area (TPSA) is 41.6 Å². The number of ether oxygens (including phenoxy) is 1. The Morgan fingerprint density at radius 2 is 2.35 bits per heavy atom. The highest BCUT2D eigenvalue weighted by molar-refractivity contribution is 5.75. The molecule has 4 nitrogen and oxygen atoms in total. The van der Waals surface area contributed by atoms with Gasteiger partial charge in [0.25, 0.3) is 0 Å². The second-order valence-corrected chi connectivity index (χ2v) is 5.04. The summed E-state index contributed by atoms with van der Waals surface area (Å²) in [6.07, 6.45) is 4.29. The van der Waals surface area contributed by atoms with Crippen LogP contribution in [0.2, 0.25) is 0 Å². The Morgan fingerprint density at radius 1 is 1.59 bits per heavy atom. The number of methoxy groups -OCH3 is 1. The molecule has 1 aliphatic rings. The van der Waals surface area contributed by atoms with E-state index < -0.39 is 0 Å². The zero-order valence-corrected chi connectivity index (χ0v) is 11.4. The standard InChI is InChI=1S/C13H26N2O2/c1-4-5-6-12(13(16)17-3)14-9-11-7-8-15(2)10-11/h11-12,14H,4-10H2,1-3H3. The Balaban J connectivity index is 2.30. The van der Waals surface area contributed by atoms with Gasteiger partial charge in [0.2, 0.25) is 0 Å². The second-order valence-electron chi connectivity index (χ2n) is 5.04. The van der Waals surface area contributed by atoms with E-state index in [2.05, 4.69) is 24.2 Å². The lowest BCUT2D eigenvalue weighted by Crippen LogP contribution is -2.40. The number of rotatable bonds is 7. The van der Waals surface area contributed by atoms with Crippen molar-refractivity contribution >= 4 is 5.97 Å². The van der Waals surface area contributed by atoms with E-state index in [9.17, 15) is 4.79 Å². The van der Waals surface area contributed by atoms with Crippen molar-refractivity contribution in [3.8, 4) is 0 Å². The molecule has 0 bridgehead atoms. The molecule has 0 aromatic heterocycles. The summed E-state index contributed by atoms with van der Waals surface area (Å²) < 4.78 is 4.83. The molecule has 1 fully saturated rings. The summed E-state index contributed by atoms with van der Waals surface area (Å²) in [6, 6.07) is -0.120. The fourth-order valence-corrected chi connectivity index (χ4v) is 2.36. The number of hydrogen-bond donors (Lipinski definition) is 1. The Morgan fingerprint density at radius 3 is 2.88 bits per heavy atom. The van der Waals surface area contributed by atoms with Gasteiger partial charge in [0.15, 0.2) is 0 Å². The summed E-state index contributed by atoms with van der Waals surface area (Å²) in [5, 5.41) is 3.37. The van der Waals surface area contributed by atoms with Crippen LogP contribution in [0.1, 0.15) is 32.6 Å². The van der Waals surface area contributed by atoms with Gasteiger partial charge in [0, 0.05) is 13.1 Å². The predicted octanol–water partition coefficient (Wildman–Crippen LogP) is 1.26. The average molecular weight is 242 g/mol. The molecular weight excluding hydrogens is 216 g/mol. The van der Waals surface area contributed by atoms with E-state index in [-0.39, 0.29) is 12.0 Å². The number of hydrogen-bond acceptors (Lipinski definition) is 4. The van der Waals surface area contributed by atoms with Crippen LogP contribution in [-0.4, -0.2) is 50.7 Å². The summed E-state index contributed by atoms with van der Waals surface area (Å²) >= 11 is 0. The summed E-state index contributed by atoms with van der Waals surface area (Å²) in [5.74, 6) is 0.554. The lowest BCUT2D eigenvalue weighted by molar-refractivity contribution is -0.143. The average Bonchev–Trinajstić information content (AvgIpc) is 2.74. The second kappa shape index (κ2) is 7.67. The van der Waals surface area contributed by atoms with E-state index in [0.717, 1.165) is 32.4 Å². The van der Waals surface area contributed by atoms with Crippen LogP contribution in [0.3, 0.4) is 0 Å². The van der Waals surface area contributed by atoms with E-state index in [1.54, 1.807) is 0 Å². The lowest BCUT2D eigenvalue weighted by atomic mass is 10.1. The Bertz CT molecular complexity index is 233. The summed E-state index contributed by atoms with van der Waals surface area (Å²) in [4.78, 5) is 13.9. The SMILES string of the molecule is CCCCC(NCC1CCN(C)C1)C(=O)OC. The Labute approximate surface area is 105 Å². The molecule has 1 saturated heterocycles. The maximum atomic E-state index is 11.6. The van der Waals surface area contributed by atoms with Crippen LogP contribution >= 0.6 is 0 Å². The third-order valence-corrected chi connectivity index (χ3v) is 3.47. The molecule has 2 atom stereocenters. The molecule has 1 rings (SSSR count). The Hall–Kier alpha value is -0.610. The summed E-state index contributed by atoms with van der Waals surface area (Å²) in [5.41, 5.74) is 0. The first-order valence-electron chi connectivity index (χ1n) is 6.67. The highest BCUT2D eigenvalue weighted by Crippen LogP contribution is 2.13. The normalized spacial score (nSPS) is 22.6. The molecule has 0 saturated carbocycles. The van der Waals surface area contributed by atoms with Gasteiger partial charge in [-0.1, -0.05) is 19.8 Å². The molecule has 1 N–H and O–H groups in total. The minimum Gasteiger partial charge on any atom is -0.468 e. The van der Waals surface area contributed by atoms with Crippen LogP contribution < -0.4 is 5.32 Å². The first kappa shape index (κ1) is 14.5. The van der Waals surface area contributed by atoms with Crippen LogP contribution in [0.4, 0.5) is 0 Å². The minimum atomic E-state index is -0.121. The van der Waals surface area contributed by atoms with E-state index in [1.807, 2.05) is 0 Å². The third kappa shape index (κ3) is 5.04. The van der Waals surface area contributed by atoms with E-state index >= 15 is 0 Å². The number of carbonyl (C=O) groups excluding carboxylic acids is 1. The number of unbranched alkanes of at least 4 members (excludes halogenated alkanes) is 1. The van der Waals surface area contributed by atoms with Gasteiger partial charge in [-0.2, -0.15) is 0 Å². The molecule has 17 heavy (non-hydrogen) atoms. The molecule has 0 aromatic rings. The molecule has 1 aliphatic heterocycles. The molecule has 0 radical (unpaired) electrons. The highest BCUT2D eigenvalue weighted by atomic mass is 16.5. The fourth-order valence-electron chi connectivity index (χ4n) is 2.36. The van der Waals surface area contributed by atoms with Gasteiger partial charge >= 0.3 is 5.97 Å². The zero-order valence-electron chi connectivity index (χ0n) is 11.4.